The topological polar surface area (TPSA) is 29.0 Å². The predicted octanol–water partition coefficient (Wildman–Crippen LogP) is 4.64. The molecule has 0 bridgehead atoms. The van der Waals surface area contributed by atoms with Gasteiger partial charge in [0.25, 0.3) is 0 Å². The number of hydrogen-bond acceptors (Lipinski definition) is 3. The zero-order valence-corrected chi connectivity index (χ0v) is 15.2. The largest absolute Gasteiger partial charge is 0.294 e. The van der Waals surface area contributed by atoms with E-state index in [0.717, 1.165) is 31.9 Å². The molecule has 5 heteroatoms. The molecule has 3 nitrogen and oxygen atoms in total. The van der Waals surface area contributed by atoms with Gasteiger partial charge in [0.05, 0.1) is 10.0 Å². The van der Waals surface area contributed by atoms with Gasteiger partial charge in [-0.3, -0.25) is 4.90 Å². The van der Waals surface area contributed by atoms with Gasteiger partial charge >= 0.3 is 0 Å². The first kappa shape index (κ1) is 16.7. The maximum Gasteiger partial charge on any atom is 0.133 e. The van der Waals surface area contributed by atoms with E-state index >= 15 is 0 Å². The second kappa shape index (κ2) is 6.39. The Morgan fingerprint density at radius 3 is 2.65 bits per heavy atom. The van der Waals surface area contributed by atoms with Crippen LogP contribution in [0.2, 0.25) is 10.0 Å². The highest BCUT2D eigenvalue weighted by molar-refractivity contribution is 6.42. The summed E-state index contributed by atoms with van der Waals surface area (Å²) < 4.78 is 0. The minimum absolute atomic E-state index is 0.00772. The van der Waals surface area contributed by atoms with Gasteiger partial charge in [0.1, 0.15) is 5.82 Å². The van der Waals surface area contributed by atoms with Crippen LogP contribution < -0.4 is 0 Å². The third kappa shape index (κ3) is 3.85. The van der Waals surface area contributed by atoms with Gasteiger partial charge in [0.2, 0.25) is 0 Å². The number of hydrogen-bond donors (Lipinski definition) is 0. The number of rotatable bonds is 2. The fraction of sp³-hybridized carbons (Fsp3) is 0.444. The zero-order chi connectivity index (χ0) is 16.6. The normalized spacial score (nSPS) is 15.5. The van der Waals surface area contributed by atoms with Crippen LogP contribution in [0, 0.1) is 0 Å². The van der Waals surface area contributed by atoms with Gasteiger partial charge in [0, 0.05) is 48.9 Å². The van der Waals surface area contributed by atoms with Crippen molar-refractivity contribution in [3.63, 3.8) is 0 Å². The molecule has 3 rings (SSSR count). The van der Waals surface area contributed by atoms with E-state index in [9.17, 15) is 0 Å². The van der Waals surface area contributed by atoms with Crippen molar-refractivity contribution in [2.24, 2.45) is 0 Å². The minimum atomic E-state index is -0.00772. The van der Waals surface area contributed by atoms with Crippen LogP contribution in [-0.2, 0) is 24.9 Å². The molecule has 0 N–H and O–H groups in total. The van der Waals surface area contributed by atoms with Crippen LogP contribution in [0.4, 0.5) is 0 Å². The first-order chi connectivity index (χ1) is 10.8. The predicted molar refractivity (Wildman–Crippen MR) is 95.0 cm³/mol. The number of fused-ring (bicyclic) bond motifs is 1. The van der Waals surface area contributed by atoms with Crippen molar-refractivity contribution >= 4 is 23.2 Å². The molecular weight excluding hydrogens is 329 g/mol. The SMILES string of the molecule is CC(C)(C)c1ncc2c(n1)CCN(Cc1ccc(Cl)c(Cl)c1)C2. The molecule has 0 amide bonds. The molecule has 23 heavy (non-hydrogen) atoms. The van der Waals surface area contributed by atoms with Crippen molar-refractivity contribution in [2.75, 3.05) is 6.54 Å². The molecule has 0 saturated carbocycles. The van der Waals surface area contributed by atoms with E-state index < -0.39 is 0 Å². The minimum Gasteiger partial charge on any atom is -0.294 e. The van der Waals surface area contributed by atoms with E-state index in [4.69, 9.17) is 28.2 Å². The molecule has 1 aliphatic rings. The fourth-order valence-corrected chi connectivity index (χ4v) is 3.09. The van der Waals surface area contributed by atoms with Crippen molar-refractivity contribution in [1.29, 1.82) is 0 Å². The highest BCUT2D eigenvalue weighted by Gasteiger charge is 2.22. The quantitative estimate of drug-likeness (QED) is 0.790. The van der Waals surface area contributed by atoms with Crippen molar-refractivity contribution in [2.45, 2.75) is 45.7 Å². The average molecular weight is 350 g/mol. The van der Waals surface area contributed by atoms with Crippen LogP contribution in [0.3, 0.4) is 0 Å². The second-order valence-electron chi connectivity index (χ2n) is 7.12. The Kier molecular flexibility index (Phi) is 4.63. The van der Waals surface area contributed by atoms with Crippen molar-refractivity contribution in [1.82, 2.24) is 14.9 Å². The van der Waals surface area contributed by atoms with Gasteiger partial charge in [-0.1, -0.05) is 50.0 Å². The molecular formula is C18H21Cl2N3. The Morgan fingerprint density at radius 1 is 1.17 bits per heavy atom. The summed E-state index contributed by atoms with van der Waals surface area (Å²) in [4.78, 5) is 11.7. The van der Waals surface area contributed by atoms with Gasteiger partial charge in [-0.25, -0.2) is 9.97 Å². The molecule has 2 heterocycles. The zero-order valence-electron chi connectivity index (χ0n) is 13.7. The smallest absolute Gasteiger partial charge is 0.133 e. The summed E-state index contributed by atoms with van der Waals surface area (Å²) in [5, 5.41) is 1.21. The fourth-order valence-electron chi connectivity index (χ4n) is 2.77. The van der Waals surface area contributed by atoms with Crippen LogP contribution in [0.1, 0.15) is 43.4 Å². The summed E-state index contributed by atoms with van der Waals surface area (Å²) in [7, 11) is 0. The first-order valence-corrected chi connectivity index (χ1v) is 8.60. The van der Waals surface area contributed by atoms with E-state index in [1.54, 1.807) is 0 Å². The summed E-state index contributed by atoms with van der Waals surface area (Å²) >= 11 is 12.1. The lowest BCUT2D eigenvalue weighted by molar-refractivity contribution is 0.242. The van der Waals surface area contributed by atoms with Crippen LogP contribution in [0.15, 0.2) is 24.4 Å². The lowest BCUT2D eigenvalue weighted by atomic mass is 9.95. The highest BCUT2D eigenvalue weighted by atomic mass is 35.5. The Balaban J connectivity index is 1.74. The van der Waals surface area contributed by atoms with Gasteiger partial charge in [-0.05, 0) is 17.7 Å². The molecule has 122 valence electrons. The van der Waals surface area contributed by atoms with Crippen molar-refractivity contribution < 1.29 is 0 Å². The molecule has 0 saturated heterocycles. The maximum absolute atomic E-state index is 6.10. The monoisotopic (exact) mass is 349 g/mol. The Labute approximate surface area is 147 Å². The van der Waals surface area contributed by atoms with Crippen molar-refractivity contribution in [3.05, 3.63) is 57.1 Å². The van der Waals surface area contributed by atoms with E-state index in [2.05, 4.69) is 30.7 Å². The van der Waals surface area contributed by atoms with Crippen LogP contribution >= 0.6 is 23.2 Å². The number of aromatic nitrogens is 2. The lowest BCUT2D eigenvalue weighted by Gasteiger charge is -2.29. The van der Waals surface area contributed by atoms with Gasteiger partial charge in [-0.15, -0.1) is 0 Å². The van der Waals surface area contributed by atoms with Gasteiger partial charge in [0.15, 0.2) is 0 Å². The molecule has 1 aromatic heterocycles. The van der Waals surface area contributed by atoms with E-state index in [-0.39, 0.29) is 5.41 Å². The molecule has 0 atom stereocenters. The molecule has 1 aliphatic heterocycles. The Hall–Kier alpha value is -1.16. The molecule has 0 aliphatic carbocycles. The van der Waals surface area contributed by atoms with Crippen LogP contribution in [-0.4, -0.2) is 21.4 Å². The van der Waals surface area contributed by atoms with Crippen LogP contribution in [0.5, 0.6) is 0 Å². The summed E-state index contributed by atoms with van der Waals surface area (Å²) in [6, 6.07) is 5.83. The standard InChI is InChI=1S/C18H21Cl2N3/c1-18(2,3)17-21-9-13-11-23(7-6-16(13)22-17)10-12-4-5-14(19)15(20)8-12/h4-5,8-9H,6-7,10-11H2,1-3H3. The summed E-state index contributed by atoms with van der Waals surface area (Å²) in [6.45, 7) is 9.17. The average Bonchev–Trinajstić information content (AvgIpc) is 2.49. The van der Waals surface area contributed by atoms with Crippen molar-refractivity contribution in [3.8, 4) is 0 Å². The Morgan fingerprint density at radius 2 is 1.96 bits per heavy atom. The van der Waals surface area contributed by atoms with E-state index in [1.165, 1.54) is 16.8 Å². The number of benzene rings is 1. The molecule has 2 aromatic rings. The number of halogens is 2. The van der Waals surface area contributed by atoms with Gasteiger partial charge < -0.3 is 0 Å². The van der Waals surface area contributed by atoms with E-state index in [1.807, 2.05) is 24.4 Å². The molecule has 0 spiro atoms. The third-order valence-electron chi connectivity index (χ3n) is 4.07. The highest BCUT2D eigenvalue weighted by Crippen LogP contribution is 2.26. The molecule has 0 unspecified atom stereocenters. The Bertz CT molecular complexity index is 723. The first-order valence-electron chi connectivity index (χ1n) is 7.84. The van der Waals surface area contributed by atoms with Gasteiger partial charge in [-0.2, -0.15) is 0 Å². The second-order valence-corrected chi connectivity index (χ2v) is 7.94. The van der Waals surface area contributed by atoms with Crippen LogP contribution in [0.25, 0.3) is 0 Å². The lowest BCUT2D eigenvalue weighted by Crippen LogP contribution is -2.31. The summed E-state index contributed by atoms with van der Waals surface area (Å²) in [5.41, 5.74) is 3.58. The molecule has 1 aromatic carbocycles. The van der Waals surface area contributed by atoms with E-state index in [0.29, 0.717) is 10.0 Å². The third-order valence-corrected chi connectivity index (χ3v) is 4.81. The summed E-state index contributed by atoms with van der Waals surface area (Å²) in [5.74, 6) is 0.925. The summed E-state index contributed by atoms with van der Waals surface area (Å²) in [6.07, 6.45) is 2.95. The maximum atomic E-state index is 6.10. The molecule has 0 radical (unpaired) electrons. The molecule has 0 fully saturated rings. The number of nitrogens with zero attached hydrogens (tertiary/aromatic N) is 3.